The quantitative estimate of drug-likeness (QED) is 0.480. The first-order valence-corrected chi connectivity index (χ1v) is 10.5. The standard InChI is InChI=1S/C19H12F3N3O2S2/c20-19(21,22)13-5-2-7-15(11-13)29(26,27)25-14-6-1-4-12(10-14)17-24-16-8-3-9-23-18(16)28-17/h1-11,25H. The van der Waals surface area contributed by atoms with Crippen molar-refractivity contribution in [1.29, 1.82) is 0 Å². The third kappa shape index (κ3) is 4.08. The lowest BCUT2D eigenvalue weighted by atomic mass is 10.2. The molecule has 4 rings (SSSR count). The zero-order valence-corrected chi connectivity index (χ0v) is 16.1. The van der Waals surface area contributed by atoms with E-state index in [4.69, 9.17) is 0 Å². The van der Waals surface area contributed by atoms with E-state index in [0.717, 1.165) is 28.5 Å². The summed E-state index contributed by atoms with van der Waals surface area (Å²) < 4.78 is 66.1. The van der Waals surface area contributed by atoms with Crippen molar-refractivity contribution in [2.45, 2.75) is 11.1 Å². The number of anilines is 1. The minimum absolute atomic E-state index is 0.215. The summed E-state index contributed by atoms with van der Waals surface area (Å²) in [4.78, 5) is 8.98. The Hall–Kier alpha value is -2.98. The molecular formula is C19H12F3N3O2S2. The van der Waals surface area contributed by atoms with E-state index in [1.807, 2.05) is 6.07 Å². The monoisotopic (exact) mass is 435 g/mol. The van der Waals surface area contributed by atoms with E-state index in [9.17, 15) is 21.6 Å². The van der Waals surface area contributed by atoms with E-state index >= 15 is 0 Å². The van der Waals surface area contributed by atoms with Crippen molar-refractivity contribution in [3.05, 3.63) is 72.4 Å². The molecule has 2 aromatic heterocycles. The molecule has 29 heavy (non-hydrogen) atoms. The number of fused-ring (bicyclic) bond motifs is 1. The highest BCUT2D eigenvalue weighted by Gasteiger charge is 2.31. The topological polar surface area (TPSA) is 72.0 Å². The third-order valence-electron chi connectivity index (χ3n) is 4.00. The second-order valence-electron chi connectivity index (χ2n) is 6.06. The zero-order chi connectivity index (χ0) is 20.6. The van der Waals surface area contributed by atoms with Gasteiger partial charge >= 0.3 is 6.18 Å². The van der Waals surface area contributed by atoms with Gasteiger partial charge in [-0.1, -0.05) is 29.5 Å². The Labute approximate surface area is 167 Å². The minimum atomic E-state index is -4.63. The average Bonchev–Trinajstić information content (AvgIpc) is 3.12. The van der Waals surface area contributed by atoms with E-state index in [0.29, 0.717) is 16.6 Å². The number of alkyl halides is 3. The van der Waals surface area contributed by atoms with Gasteiger partial charge in [0.05, 0.1) is 10.5 Å². The lowest BCUT2D eigenvalue weighted by Gasteiger charge is -2.11. The van der Waals surface area contributed by atoms with Gasteiger partial charge < -0.3 is 0 Å². The van der Waals surface area contributed by atoms with Crippen LogP contribution in [0, 0.1) is 0 Å². The molecule has 0 radical (unpaired) electrons. The van der Waals surface area contributed by atoms with Gasteiger partial charge in [-0.3, -0.25) is 4.72 Å². The number of hydrogen-bond acceptors (Lipinski definition) is 5. The molecule has 0 fully saturated rings. The molecule has 0 atom stereocenters. The number of thiazole rings is 1. The molecule has 0 spiro atoms. The van der Waals surface area contributed by atoms with E-state index in [1.165, 1.54) is 17.4 Å². The number of nitrogens with zero attached hydrogens (tertiary/aromatic N) is 2. The SMILES string of the molecule is O=S(=O)(Nc1cccc(-c2nc3cccnc3s2)c1)c1cccc(C(F)(F)F)c1. The molecule has 0 aliphatic heterocycles. The Morgan fingerprint density at radius 1 is 0.966 bits per heavy atom. The van der Waals surface area contributed by atoms with Crippen molar-refractivity contribution in [2.75, 3.05) is 4.72 Å². The van der Waals surface area contributed by atoms with Crippen LogP contribution in [-0.4, -0.2) is 18.4 Å². The van der Waals surface area contributed by atoms with Gasteiger partial charge in [-0.25, -0.2) is 18.4 Å². The van der Waals surface area contributed by atoms with Crippen molar-refractivity contribution in [3.63, 3.8) is 0 Å². The Bertz CT molecular complexity index is 1270. The van der Waals surface area contributed by atoms with Crippen LogP contribution in [0.3, 0.4) is 0 Å². The van der Waals surface area contributed by atoms with Crippen LogP contribution in [0.2, 0.25) is 0 Å². The molecule has 0 unspecified atom stereocenters. The molecule has 2 aromatic carbocycles. The Morgan fingerprint density at radius 3 is 2.52 bits per heavy atom. The van der Waals surface area contributed by atoms with Crippen molar-refractivity contribution < 1.29 is 21.6 Å². The van der Waals surface area contributed by atoms with Crippen LogP contribution in [-0.2, 0) is 16.2 Å². The number of sulfonamides is 1. The third-order valence-corrected chi connectivity index (χ3v) is 6.41. The minimum Gasteiger partial charge on any atom is -0.280 e. The number of hydrogen-bond donors (Lipinski definition) is 1. The summed E-state index contributed by atoms with van der Waals surface area (Å²) in [6.45, 7) is 0. The number of aromatic nitrogens is 2. The highest BCUT2D eigenvalue weighted by Crippen LogP contribution is 2.32. The van der Waals surface area contributed by atoms with E-state index < -0.39 is 26.7 Å². The lowest BCUT2D eigenvalue weighted by Crippen LogP contribution is -2.14. The van der Waals surface area contributed by atoms with Crippen molar-refractivity contribution >= 4 is 37.4 Å². The summed E-state index contributed by atoms with van der Waals surface area (Å²) in [5, 5.41) is 0.652. The number of nitrogens with one attached hydrogen (secondary N) is 1. The van der Waals surface area contributed by atoms with Crippen LogP contribution in [0.1, 0.15) is 5.56 Å². The Morgan fingerprint density at radius 2 is 1.76 bits per heavy atom. The van der Waals surface area contributed by atoms with Gasteiger partial charge in [-0.15, -0.1) is 0 Å². The normalized spacial score (nSPS) is 12.2. The van der Waals surface area contributed by atoms with Crippen molar-refractivity contribution in [1.82, 2.24) is 9.97 Å². The predicted molar refractivity (Wildman–Crippen MR) is 105 cm³/mol. The van der Waals surface area contributed by atoms with Gasteiger partial charge in [0.15, 0.2) is 0 Å². The summed E-state index contributed by atoms with van der Waals surface area (Å²) >= 11 is 1.35. The molecule has 0 bridgehead atoms. The first-order valence-electron chi connectivity index (χ1n) is 8.24. The fourth-order valence-electron chi connectivity index (χ4n) is 2.66. The number of rotatable bonds is 4. The summed E-state index contributed by atoms with van der Waals surface area (Å²) in [7, 11) is -4.20. The fourth-order valence-corrected chi connectivity index (χ4v) is 4.66. The first-order chi connectivity index (χ1) is 13.7. The van der Waals surface area contributed by atoms with Crippen LogP contribution in [0.25, 0.3) is 20.9 Å². The number of benzene rings is 2. The van der Waals surface area contributed by atoms with E-state index in [-0.39, 0.29) is 5.69 Å². The molecule has 0 aliphatic carbocycles. The van der Waals surface area contributed by atoms with Crippen LogP contribution in [0.4, 0.5) is 18.9 Å². The smallest absolute Gasteiger partial charge is 0.280 e. The summed E-state index contributed by atoms with van der Waals surface area (Å²) in [6.07, 6.45) is -2.98. The van der Waals surface area contributed by atoms with Gasteiger partial charge in [0.2, 0.25) is 0 Å². The Balaban J connectivity index is 1.65. The van der Waals surface area contributed by atoms with Crippen molar-refractivity contribution in [2.24, 2.45) is 0 Å². The number of halogens is 3. The molecule has 148 valence electrons. The Kier molecular flexibility index (Phi) is 4.75. The molecular weight excluding hydrogens is 423 g/mol. The van der Waals surface area contributed by atoms with E-state index in [1.54, 1.807) is 30.5 Å². The second kappa shape index (κ2) is 7.12. The fraction of sp³-hybridized carbons (Fsp3) is 0.0526. The van der Waals surface area contributed by atoms with E-state index in [2.05, 4.69) is 14.7 Å². The molecule has 2 heterocycles. The maximum absolute atomic E-state index is 12.9. The summed E-state index contributed by atoms with van der Waals surface area (Å²) in [6, 6.07) is 13.7. The van der Waals surface area contributed by atoms with Crippen LogP contribution in [0.5, 0.6) is 0 Å². The number of pyridine rings is 1. The van der Waals surface area contributed by atoms with Crippen LogP contribution >= 0.6 is 11.3 Å². The largest absolute Gasteiger partial charge is 0.416 e. The maximum Gasteiger partial charge on any atom is 0.416 e. The highest BCUT2D eigenvalue weighted by atomic mass is 32.2. The van der Waals surface area contributed by atoms with Gasteiger partial charge in [0, 0.05) is 17.4 Å². The average molecular weight is 435 g/mol. The van der Waals surface area contributed by atoms with Gasteiger partial charge in [-0.05, 0) is 42.5 Å². The molecule has 0 amide bonds. The van der Waals surface area contributed by atoms with Crippen LogP contribution < -0.4 is 4.72 Å². The molecule has 5 nitrogen and oxygen atoms in total. The molecule has 1 N–H and O–H groups in total. The molecule has 0 saturated carbocycles. The molecule has 10 heteroatoms. The molecule has 0 aliphatic rings. The van der Waals surface area contributed by atoms with Gasteiger partial charge in [0.1, 0.15) is 15.4 Å². The zero-order valence-electron chi connectivity index (χ0n) is 14.5. The highest BCUT2D eigenvalue weighted by molar-refractivity contribution is 7.92. The summed E-state index contributed by atoms with van der Waals surface area (Å²) in [5.74, 6) is 0. The van der Waals surface area contributed by atoms with Crippen LogP contribution in [0.15, 0.2) is 71.8 Å². The molecule has 0 saturated heterocycles. The molecule has 4 aromatic rings. The second-order valence-corrected chi connectivity index (χ2v) is 8.72. The van der Waals surface area contributed by atoms with Crippen molar-refractivity contribution in [3.8, 4) is 10.6 Å². The van der Waals surface area contributed by atoms with Gasteiger partial charge in [0.25, 0.3) is 10.0 Å². The maximum atomic E-state index is 12.9. The summed E-state index contributed by atoms with van der Waals surface area (Å²) in [5.41, 5.74) is 0.572. The van der Waals surface area contributed by atoms with Gasteiger partial charge in [-0.2, -0.15) is 13.2 Å². The predicted octanol–water partition coefficient (Wildman–Crippen LogP) is 5.18. The first kappa shape index (κ1) is 19.3. The lowest BCUT2D eigenvalue weighted by molar-refractivity contribution is -0.137.